The van der Waals surface area contributed by atoms with Gasteiger partial charge in [0.05, 0.1) is 0 Å². The van der Waals surface area contributed by atoms with E-state index in [4.69, 9.17) is 4.74 Å². The van der Waals surface area contributed by atoms with E-state index in [1.165, 1.54) is 0 Å². The van der Waals surface area contributed by atoms with Crippen molar-refractivity contribution in [2.24, 2.45) is 0 Å². The maximum Gasteiger partial charge on any atom is 0.252 e. The van der Waals surface area contributed by atoms with E-state index < -0.39 is 36.6 Å². The lowest BCUT2D eigenvalue weighted by Gasteiger charge is -2.40. The van der Waals surface area contributed by atoms with Gasteiger partial charge in [-0.05, 0) is 11.1 Å². The van der Waals surface area contributed by atoms with Crippen molar-refractivity contribution < 1.29 is 24.9 Å². The molecule has 0 radical (unpaired) electrons. The fraction of sp³-hybridized carbons (Fsp3) is 0.350. The molecule has 7 nitrogen and oxygen atoms in total. The number of ether oxygens (including phenoxy) is 1. The number of carbonyl (C=O) groups is 1. The Kier molecular flexibility index (Phi) is 6.54. The zero-order chi connectivity index (χ0) is 19.2. The van der Waals surface area contributed by atoms with Crippen LogP contribution in [0, 0.1) is 0 Å². The van der Waals surface area contributed by atoms with Crippen LogP contribution in [0.2, 0.25) is 0 Å². The van der Waals surface area contributed by atoms with Crippen LogP contribution >= 0.6 is 0 Å². The Morgan fingerprint density at radius 1 is 0.815 bits per heavy atom. The first-order valence-corrected chi connectivity index (χ1v) is 8.85. The SMILES string of the molecule is O=C(NCc1ccccc1)C1O[C@H](NCc2ccccc2)[C@@H](O)[C@@H](O)C1O. The predicted molar refractivity (Wildman–Crippen MR) is 98.3 cm³/mol. The number of amides is 1. The number of hydrogen-bond donors (Lipinski definition) is 5. The van der Waals surface area contributed by atoms with Gasteiger partial charge in [0.25, 0.3) is 5.91 Å². The van der Waals surface area contributed by atoms with Crippen LogP contribution in [0.1, 0.15) is 11.1 Å². The summed E-state index contributed by atoms with van der Waals surface area (Å²) in [4.78, 5) is 12.4. The first-order chi connectivity index (χ1) is 13.1. The van der Waals surface area contributed by atoms with Gasteiger partial charge in [-0.2, -0.15) is 0 Å². The first-order valence-electron chi connectivity index (χ1n) is 8.85. The highest BCUT2D eigenvalue weighted by Crippen LogP contribution is 2.20. The molecular formula is C20H24N2O5. The molecule has 2 aromatic rings. The molecule has 1 aliphatic rings. The van der Waals surface area contributed by atoms with E-state index in [1.807, 2.05) is 60.7 Å². The Labute approximate surface area is 157 Å². The predicted octanol–water partition coefficient (Wildman–Crippen LogP) is -0.0998. The number of aliphatic hydroxyl groups is 3. The van der Waals surface area contributed by atoms with Gasteiger partial charge in [0, 0.05) is 13.1 Å². The molecule has 5 N–H and O–H groups in total. The third-order valence-electron chi connectivity index (χ3n) is 4.53. The van der Waals surface area contributed by atoms with E-state index in [-0.39, 0.29) is 6.54 Å². The minimum Gasteiger partial charge on any atom is -0.387 e. The van der Waals surface area contributed by atoms with E-state index in [9.17, 15) is 20.1 Å². The summed E-state index contributed by atoms with van der Waals surface area (Å²) in [7, 11) is 0. The van der Waals surface area contributed by atoms with Crippen molar-refractivity contribution in [1.82, 2.24) is 10.6 Å². The van der Waals surface area contributed by atoms with Crippen LogP contribution in [-0.4, -0.2) is 51.9 Å². The van der Waals surface area contributed by atoms with Crippen LogP contribution in [0.4, 0.5) is 0 Å². The van der Waals surface area contributed by atoms with Gasteiger partial charge in [-0.3, -0.25) is 10.1 Å². The lowest BCUT2D eigenvalue weighted by molar-refractivity contribution is -0.227. The van der Waals surface area contributed by atoms with E-state index in [1.54, 1.807) is 0 Å². The zero-order valence-corrected chi connectivity index (χ0v) is 14.7. The molecule has 0 spiro atoms. The second-order valence-corrected chi connectivity index (χ2v) is 6.52. The Bertz CT molecular complexity index is 728. The number of carbonyl (C=O) groups excluding carboxylic acids is 1. The molecule has 1 amide bonds. The van der Waals surface area contributed by atoms with Crippen molar-refractivity contribution in [2.75, 3.05) is 0 Å². The lowest BCUT2D eigenvalue weighted by Crippen LogP contribution is -2.64. The standard InChI is InChI=1S/C20H24N2O5/c23-15-16(24)18(19(26)21-11-13-7-3-1-4-8-13)27-20(17(15)25)22-12-14-9-5-2-6-10-14/h1-10,15-18,20,22-25H,11-12H2,(H,21,26)/t15-,16?,17-,18?,20-/m0/s1. The normalized spacial score (nSPS) is 27.9. The Morgan fingerprint density at radius 3 is 1.96 bits per heavy atom. The summed E-state index contributed by atoms with van der Waals surface area (Å²) in [5.41, 5.74) is 1.86. The highest BCUT2D eigenvalue weighted by atomic mass is 16.6. The molecule has 1 saturated heterocycles. The zero-order valence-electron chi connectivity index (χ0n) is 14.7. The van der Waals surface area contributed by atoms with Crippen LogP contribution in [0.3, 0.4) is 0 Å². The smallest absolute Gasteiger partial charge is 0.252 e. The molecule has 27 heavy (non-hydrogen) atoms. The molecule has 1 heterocycles. The van der Waals surface area contributed by atoms with Crippen molar-refractivity contribution in [3.05, 3.63) is 71.8 Å². The van der Waals surface area contributed by atoms with E-state index in [2.05, 4.69) is 10.6 Å². The molecule has 3 rings (SSSR count). The summed E-state index contributed by atoms with van der Waals surface area (Å²) in [6.45, 7) is 0.650. The molecule has 1 aliphatic heterocycles. The minimum atomic E-state index is -1.52. The molecule has 2 aromatic carbocycles. The van der Waals surface area contributed by atoms with Crippen LogP contribution in [0.15, 0.2) is 60.7 Å². The van der Waals surface area contributed by atoms with E-state index >= 15 is 0 Å². The molecule has 0 bridgehead atoms. The van der Waals surface area contributed by atoms with Crippen LogP contribution in [-0.2, 0) is 22.6 Å². The van der Waals surface area contributed by atoms with Crippen molar-refractivity contribution in [3.8, 4) is 0 Å². The molecule has 144 valence electrons. The maximum atomic E-state index is 12.4. The van der Waals surface area contributed by atoms with Crippen LogP contribution in [0.5, 0.6) is 0 Å². The van der Waals surface area contributed by atoms with Gasteiger partial charge in [-0.25, -0.2) is 0 Å². The average Bonchev–Trinajstić information content (AvgIpc) is 2.71. The van der Waals surface area contributed by atoms with Gasteiger partial charge in [0.2, 0.25) is 0 Å². The topological polar surface area (TPSA) is 111 Å². The molecule has 2 unspecified atom stereocenters. The lowest BCUT2D eigenvalue weighted by atomic mass is 9.97. The van der Waals surface area contributed by atoms with Crippen molar-refractivity contribution in [3.63, 3.8) is 0 Å². The minimum absolute atomic E-state index is 0.271. The summed E-state index contributed by atoms with van der Waals surface area (Å²) in [5, 5.41) is 36.1. The summed E-state index contributed by atoms with van der Waals surface area (Å²) in [6, 6.07) is 18.8. The third-order valence-corrected chi connectivity index (χ3v) is 4.53. The summed E-state index contributed by atoms with van der Waals surface area (Å²) < 4.78 is 5.57. The number of hydrogen-bond acceptors (Lipinski definition) is 6. The molecule has 0 aromatic heterocycles. The first kappa shape index (κ1) is 19.5. The van der Waals surface area contributed by atoms with Gasteiger partial charge in [-0.1, -0.05) is 60.7 Å². The van der Waals surface area contributed by atoms with Crippen LogP contribution < -0.4 is 10.6 Å². The Balaban J connectivity index is 1.60. The number of aliphatic hydroxyl groups excluding tert-OH is 3. The maximum absolute atomic E-state index is 12.4. The van der Waals surface area contributed by atoms with E-state index in [0.717, 1.165) is 11.1 Å². The molecule has 0 aliphatic carbocycles. The highest BCUT2D eigenvalue weighted by molar-refractivity contribution is 5.81. The second kappa shape index (κ2) is 9.07. The third kappa shape index (κ3) is 4.91. The summed E-state index contributed by atoms with van der Waals surface area (Å²) in [5.74, 6) is -0.552. The van der Waals surface area contributed by atoms with Gasteiger partial charge in [-0.15, -0.1) is 0 Å². The van der Waals surface area contributed by atoms with Gasteiger partial charge in [0.1, 0.15) is 24.5 Å². The van der Waals surface area contributed by atoms with Crippen molar-refractivity contribution >= 4 is 5.91 Å². The molecule has 5 atom stereocenters. The molecule has 7 heteroatoms. The number of rotatable bonds is 6. The second-order valence-electron chi connectivity index (χ2n) is 6.52. The summed E-state index contributed by atoms with van der Waals surface area (Å²) in [6.07, 6.45) is -6.66. The summed E-state index contributed by atoms with van der Waals surface area (Å²) >= 11 is 0. The quantitative estimate of drug-likeness (QED) is 0.484. The number of benzene rings is 2. The fourth-order valence-corrected chi connectivity index (χ4v) is 2.96. The van der Waals surface area contributed by atoms with Gasteiger partial charge in [0.15, 0.2) is 6.10 Å². The van der Waals surface area contributed by atoms with Crippen LogP contribution in [0.25, 0.3) is 0 Å². The Hall–Kier alpha value is -2.29. The highest BCUT2D eigenvalue weighted by Gasteiger charge is 2.46. The molecule has 1 fully saturated rings. The molecular weight excluding hydrogens is 348 g/mol. The Morgan fingerprint density at radius 2 is 1.37 bits per heavy atom. The van der Waals surface area contributed by atoms with E-state index in [0.29, 0.717) is 6.54 Å². The largest absolute Gasteiger partial charge is 0.387 e. The van der Waals surface area contributed by atoms with Gasteiger partial charge >= 0.3 is 0 Å². The molecule has 0 saturated carbocycles. The fourth-order valence-electron chi connectivity index (χ4n) is 2.96. The number of nitrogens with one attached hydrogen (secondary N) is 2. The van der Waals surface area contributed by atoms with Gasteiger partial charge < -0.3 is 25.4 Å². The monoisotopic (exact) mass is 372 g/mol. The van der Waals surface area contributed by atoms with Crippen molar-refractivity contribution in [2.45, 2.75) is 43.7 Å². The van der Waals surface area contributed by atoms with Crippen molar-refractivity contribution in [1.29, 1.82) is 0 Å². The average molecular weight is 372 g/mol.